The first-order chi connectivity index (χ1) is 7.00. The smallest absolute Gasteiger partial charge is 0.223 e. The van der Waals surface area contributed by atoms with Crippen LogP contribution >= 0.6 is 0 Å². The third kappa shape index (κ3) is 4.65. The average Bonchev–Trinajstić information content (AvgIpc) is 2.96. The van der Waals surface area contributed by atoms with E-state index in [-0.39, 0.29) is 5.91 Å². The average molecular weight is 212 g/mol. The zero-order valence-electron chi connectivity index (χ0n) is 10.4. The second kappa shape index (κ2) is 5.50. The van der Waals surface area contributed by atoms with Crippen LogP contribution in [0.2, 0.25) is 0 Å². The van der Waals surface area contributed by atoms with Crippen molar-refractivity contribution < 1.29 is 4.79 Å². The van der Waals surface area contributed by atoms with E-state index in [0.29, 0.717) is 12.5 Å². The van der Waals surface area contributed by atoms with Gasteiger partial charge in [0.25, 0.3) is 0 Å². The highest BCUT2D eigenvalue weighted by atomic mass is 16.2. The number of hydrogen-bond acceptors (Lipinski definition) is 2. The van der Waals surface area contributed by atoms with Crippen LogP contribution < -0.4 is 5.32 Å². The van der Waals surface area contributed by atoms with E-state index in [9.17, 15) is 4.79 Å². The Kier molecular flexibility index (Phi) is 4.58. The Labute approximate surface area is 93.2 Å². The zero-order valence-corrected chi connectivity index (χ0v) is 10.4. The van der Waals surface area contributed by atoms with Gasteiger partial charge < -0.3 is 10.2 Å². The van der Waals surface area contributed by atoms with Gasteiger partial charge in [-0.1, -0.05) is 6.92 Å². The van der Waals surface area contributed by atoms with E-state index in [1.165, 1.54) is 12.8 Å². The summed E-state index contributed by atoms with van der Waals surface area (Å²) in [5.41, 5.74) is 0. The molecule has 3 heteroatoms. The van der Waals surface area contributed by atoms with Crippen LogP contribution in [-0.4, -0.2) is 37.5 Å². The Morgan fingerprint density at radius 3 is 2.47 bits per heavy atom. The van der Waals surface area contributed by atoms with Crippen molar-refractivity contribution in [2.45, 2.75) is 39.2 Å². The highest BCUT2D eigenvalue weighted by Crippen LogP contribution is 2.36. The van der Waals surface area contributed by atoms with Gasteiger partial charge in [-0.3, -0.25) is 4.79 Å². The highest BCUT2D eigenvalue weighted by Gasteiger charge is 2.27. The topological polar surface area (TPSA) is 32.3 Å². The number of amides is 1. The molecule has 2 atom stereocenters. The molecule has 0 spiro atoms. The minimum absolute atomic E-state index is 0.203. The van der Waals surface area contributed by atoms with Gasteiger partial charge in [0.05, 0.1) is 0 Å². The minimum atomic E-state index is 0.203. The molecule has 1 N–H and O–H groups in total. The molecular weight excluding hydrogens is 188 g/mol. The van der Waals surface area contributed by atoms with Gasteiger partial charge in [-0.25, -0.2) is 0 Å². The summed E-state index contributed by atoms with van der Waals surface area (Å²) in [4.78, 5) is 13.1. The Balaban J connectivity index is 2.12. The van der Waals surface area contributed by atoms with Gasteiger partial charge in [0.1, 0.15) is 0 Å². The SMILES string of the molecule is CC(CC(=O)N(C)C)NCC(C)C1CC1. The van der Waals surface area contributed by atoms with E-state index in [4.69, 9.17) is 0 Å². The van der Waals surface area contributed by atoms with Crippen molar-refractivity contribution in [3.8, 4) is 0 Å². The third-order valence-electron chi connectivity index (χ3n) is 3.19. The summed E-state index contributed by atoms with van der Waals surface area (Å²) >= 11 is 0. The lowest BCUT2D eigenvalue weighted by atomic mass is 10.1. The fraction of sp³-hybridized carbons (Fsp3) is 0.917. The molecule has 1 aliphatic rings. The highest BCUT2D eigenvalue weighted by molar-refractivity contribution is 5.76. The van der Waals surface area contributed by atoms with Crippen molar-refractivity contribution in [2.75, 3.05) is 20.6 Å². The molecule has 0 aromatic carbocycles. The fourth-order valence-corrected chi connectivity index (χ4v) is 1.74. The van der Waals surface area contributed by atoms with Crippen molar-refractivity contribution in [3.63, 3.8) is 0 Å². The zero-order chi connectivity index (χ0) is 11.4. The number of rotatable bonds is 6. The molecule has 88 valence electrons. The van der Waals surface area contributed by atoms with E-state index in [0.717, 1.165) is 18.4 Å². The van der Waals surface area contributed by atoms with Crippen molar-refractivity contribution in [1.29, 1.82) is 0 Å². The molecule has 1 amide bonds. The number of nitrogens with zero attached hydrogens (tertiary/aromatic N) is 1. The third-order valence-corrected chi connectivity index (χ3v) is 3.19. The van der Waals surface area contributed by atoms with Crippen LogP contribution in [0.15, 0.2) is 0 Å². The first kappa shape index (κ1) is 12.5. The van der Waals surface area contributed by atoms with Gasteiger partial charge in [0.2, 0.25) is 5.91 Å². The molecule has 0 heterocycles. The predicted octanol–water partition coefficient (Wildman–Crippen LogP) is 1.49. The molecule has 0 aromatic heterocycles. The van der Waals surface area contributed by atoms with Crippen LogP contribution in [-0.2, 0) is 4.79 Å². The van der Waals surface area contributed by atoms with Gasteiger partial charge in [0.15, 0.2) is 0 Å². The van der Waals surface area contributed by atoms with E-state index in [1.54, 1.807) is 4.90 Å². The van der Waals surface area contributed by atoms with Crippen LogP contribution in [0, 0.1) is 11.8 Å². The summed E-state index contributed by atoms with van der Waals surface area (Å²) in [6, 6.07) is 0.293. The first-order valence-electron chi connectivity index (χ1n) is 5.94. The van der Waals surface area contributed by atoms with Gasteiger partial charge in [-0.2, -0.15) is 0 Å². The summed E-state index contributed by atoms with van der Waals surface area (Å²) < 4.78 is 0. The molecule has 15 heavy (non-hydrogen) atoms. The second-order valence-corrected chi connectivity index (χ2v) is 5.12. The summed E-state index contributed by atoms with van der Waals surface area (Å²) in [5, 5.41) is 3.44. The Morgan fingerprint density at radius 1 is 1.40 bits per heavy atom. The first-order valence-corrected chi connectivity index (χ1v) is 5.94. The van der Waals surface area contributed by atoms with E-state index in [1.807, 2.05) is 14.1 Å². The molecule has 0 radical (unpaired) electrons. The van der Waals surface area contributed by atoms with Gasteiger partial charge >= 0.3 is 0 Å². The molecule has 0 aromatic rings. The predicted molar refractivity (Wildman–Crippen MR) is 62.7 cm³/mol. The quantitative estimate of drug-likeness (QED) is 0.723. The Bertz CT molecular complexity index is 212. The van der Waals surface area contributed by atoms with Crippen LogP contribution in [0.25, 0.3) is 0 Å². The summed E-state index contributed by atoms with van der Waals surface area (Å²) in [6.07, 6.45) is 3.39. The van der Waals surface area contributed by atoms with E-state index < -0.39 is 0 Å². The standard InChI is InChI=1S/C12H24N2O/c1-9(11-5-6-11)8-13-10(2)7-12(15)14(3)4/h9-11,13H,5-8H2,1-4H3. The normalized spacial score (nSPS) is 19.7. The minimum Gasteiger partial charge on any atom is -0.349 e. The molecule has 3 nitrogen and oxygen atoms in total. The molecule has 1 rings (SSSR count). The molecule has 1 aliphatic carbocycles. The van der Waals surface area contributed by atoms with Crippen molar-refractivity contribution in [2.24, 2.45) is 11.8 Å². The largest absolute Gasteiger partial charge is 0.349 e. The van der Waals surface area contributed by atoms with Crippen molar-refractivity contribution in [3.05, 3.63) is 0 Å². The van der Waals surface area contributed by atoms with E-state index in [2.05, 4.69) is 19.2 Å². The lowest BCUT2D eigenvalue weighted by Gasteiger charge is -2.19. The lowest BCUT2D eigenvalue weighted by molar-refractivity contribution is -0.129. The van der Waals surface area contributed by atoms with Crippen LogP contribution in [0.3, 0.4) is 0 Å². The van der Waals surface area contributed by atoms with Crippen molar-refractivity contribution in [1.82, 2.24) is 10.2 Å². The van der Waals surface area contributed by atoms with Gasteiger partial charge in [0, 0.05) is 26.6 Å². The second-order valence-electron chi connectivity index (χ2n) is 5.12. The Morgan fingerprint density at radius 2 is 2.00 bits per heavy atom. The molecular formula is C12H24N2O. The Hall–Kier alpha value is -0.570. The maximum absolute atomic E-state index is 11.4. The lowest BCUT2D eigenvalue weighted by Crippen LogP contribution is -2.35. The molecule has 0 aliphatic heterocycles. The van der Waals surface area contributed by atoms with Gasteiger partial charge in [-0.05, 0) is 38.1 Å². The number of carbonyl (C=O) groups excluding carboxylic acids is 1. The van der Waals surface area contributed by atoms with Crippen LogP contribution in [0.1, 0.15) is 33.1 Å². The fourth-order valence-electron chi connectivity index (χ4n) is 1.74. The van der Waals surface area contributed by atoms with Crippen molar-refractivity contribution >= 4 is 5.91 Å². The number of carbonyl (C=O) groups is 1. The number of hydrogen-bond donors (Lipinski definition) is 1. The molecule has 2 unspecified atom stereocenters. The molecule has 0 bridgehead atoms. The monoisotopic (exact) mass is 212 g/mol. The maximum Gasteiger partial charge on any atom is 0.223 e. The molecule has 0 saturated heterocycles. The van der Waals surface area contributed by atoms with Crippen LogP contribution in [0.5, 0.6) is 0 Å². The van der Waals surface area contributed by atoms with E-state index >= 15 is 0 Å². The summed E-state index contributed by atoms with van der Waals surface area (Å²) in [7, 11) is 3.61. The van der Waals surface area contributed by atoms with Gasteiger partial charge in [-0.15, -0.1) is 0 Å². The molecule has 1 fully saturated rings. The van der Waals surface area contributed by atoms with Crippen LogP contribution in [0.4, 0.5) is 0 Å². The number of nitrogens with one attached hydrogen (secondary N) is 1. The summed E-state index contributed by atoms with van der Waals surface area (Å²) in [6.45, 7) is 5.43. The maximum atomic E-state index is 11.4. The molecule has 1 saturated carbocycles. The summed E-state index contributed by atoms with van der Waals surface area (Å²) in [5.74, 6) is 1.91.